The summed E-state index contributed by atoms with van der Waals surface area (Å²) >= 11 is 6.01. The Bertz CT molecular complexity index is 786. The van der Waals surface area contributed by atoms with E-state index < -0.39 is 17.5 Å². The van der Waals surface area contributed by atoms with Crippen molar-refractivity contribution in [3.8, 4) is 0 Å². The molecule has 0 radical (unpaired) electrons. The second-order valence-electron chi connectivity index (χ2n) is 3.82. The van der Waals surface area contributed by atoms with Crippen molar-refractivity contribution in [1.82, 2.24) is 4.98 Å². The number of benzene rings is 2. The van der Waals surface area contributed by atoms with Gasteiger partial charge in [-0.2, -0.15) is 0 Å². The first-order chi connectivity index (χ1) is 8.59. The Hall–Kier alpha value is -1.81. The Labute approximate surface area is 105 Å². The normalized spacial score (nSPS) is 11.3. The van der Waals surface area contributed by atoms with Gasteiger partial charge in [-0.3, -0.25) is 0 Å². The SMILES string of the molecule is Fc1cc(F)c2nc3ccccc3c(Cl)c2c1F. The summed E-state index contributed by atoms with van der Waals surface area (Å²) in [7, 11) is 0. The molecule has 0 spiro atoms. The van der Waals surface area contributed by atoms with Gasteiger partial charge in [0, 0.05) is 11.5 Å². The maximum Gasteiger partial charge on any atom is 0.169 e. The van der Waals surface area contributed by atoms with Crippen LogP contribution in [0.5, 0.6) is 0 Å². The van der Waals surface area contributed by atoms with Crippen molar-refractivity contribution in [3.05, 3.63) is 52.8 Å². The van der Waals surface area contributed by atoms with Gasteiger partial charge in [0.05, 0.1) is 15.9 Å². The standard InChI is InChI=1S/C13H5ClF3N/c14-11-6-3-1-2-4-9(6)18-13-8(16)5-7(15)12(17)10(11)13/h1-5H. The van der Waals surface area contributed by atoms with Crippen LogP contribution in [0.2, 0.25) is 5.02 Å². The van der Waals surface area contributed by atoms with Crippen molar-refractivity contribution in [2.24, 2.45) is 0 Å². The molecule has 5 heteroatoms. The second-order valence-corrected chi connectivity index (χ2v) is 4.20. The fourth-order valence-electron chi connectivity index (χ4n) is 1.91. The van der Waals surface area contributed by atoms with E-state index in [-0.39, 0.29) is 15.9 Å². The largest absolute Gasteiger partial charge is 0.244 e. The maximum atomic E-state index is 13.7. The molecule has 1 nitrogen and oxygen atoms in total. The van der Waals surface area contributed by atoms with Crippen LogP contribution in [0.3, 0.4) is 0 Å². The number of para-hydroxylation sites is 1. The summed E-state index contributed by atoms with van der Waals surface area (Å²) in [6.07, 6.45) is 0. The van der Waals surface area contributed by atoms with Crippen LogP contribution in [0.4, 0.5) is 13.2 Å². The molecule has 2 aromatic carbocycles. The maximum absolute atomic E-state index is 13.7. The minimum absolute atomic E-state index is 0.0356. The number of aromatic nitrogens is 1. The van der Waals surface area contributed by atoms with Crippen molar-refractivity contribution in [2.45, 2.75) is 0 Å². The highest BCUT2D eigenvalue weighted by Gasteiger charge is 2.18. The average Bonchev–Trinajstić information content (AvgIpc) is 2.36. The molecule has 0 N–H and O–H groups in total. The Morgan fingerprint density at radius 2 is 1.72 bits per heavy atom. The first kappa shape index (κ1) is 11.3. The van der Waals surface area contributed by atoms with E-state index in [2.05, 4.69) is 4.98 Å². The van der Waals surface area contributed by atoms with Gasteiger partial charge in [0.1, 0.15) is 5.52 Å². The number of hydrogen-bond acceptors (Lipinski definition) is 1. The van der Waals surface area contributed by atoms with E-state index in [1.54, 1.807) is 24.3 Å². The fourth-order valence-corrected chi connectivity index (χ4v) is 2.24. The average molecular weight is 268 g/mol. The van der Waals surface area contributed by atoms with Crippen LogP contribution in [-0.2, 0) is 0 Å². The predicted molar refractivity (Wildman–Crippen MR) is 64.1 cm³/mol. The highest BCUT2D eigenvalue weighted by Crippen LogP contribution is 2.33. The van der Waals surface area contributed by atoms with E-state index in [1.165, 1.54) is 0 Å². The molecular weight excluding hydrogens is 263 g/mol. The van der Waals surface area contributed by atoms with Crippen LogP contribution in [0.15, 0.2) is 30.3 Å². The molecule has 0 saturated carbocycles. The van der Waals surface area contributed by atoms with Crippen LogP contribution in [0, 0.1) is 17.5 Å². The quantitative estimate of drug-likeness (QED) is 0.433. The Kier molecular flexibility index (Phi) is 2.41. The van der Waals surface area contributed by atoms with Gasteiger partial charge >= 0.3 is 0 Å². The lowest BCUT2D eigenvalue weighted by atomic mass is 10.1. The molecule has 0 fully saturated rings. The van der Waals surface area contributed by atoms with Crippen LogP contribution in [0.25, 0.3) is 21.8 Å². The van der Waals surface area contributed by atoms with E-state index in [0.29, 0.717) is 17.0 Å². The van der Waals surface area contributed by atoms with Crippen LogP contribution in [0.1, 0.15) is 0 Å². The molecule has 1 heterocycles. The highest BCUT2D eigenvalue weighted by molar-refractivity contribution is 6.40. The topological polar surface area (TPSA) is 12.9 Å². The van der Waals surface area contributed by atoms with Gasteiger partial charge in [0.2, 0.25) is 0 Å². The van der Waals surface area contributed by atoms with Crippen molar-refractivity contribution in [1.29, 1.82) is 0 Å². The lowest BCUT2D eigenvalue weighted by Gasteiger charge is -2.07. The van der Waals surface area contributed by atoms with Gasteiger partial charge in [-0.25, -0.2) is 18.2 Å². The smallest absolute Gasteiger partial charge is 0.169 e. The number of halogens is 4. The van der Waals surface area contributed by atoms with E-state index in [0.717, 1.165) is 0 Å². The summed E-state index contributed by atoms with van der Waals surface area (Å²) in [6, 6.07) is 7.11. The zero-order valence-corrected chi connectivity index (χ0v) is 9.60. The molecule has 0 bridgehead atoms. The van der Waals surface area contributed by atoms with Gasteiger partial charge in [-0.15, -0.1) is 0 Å². The predicted octanol–water partition coefficient (Wildman–Crippen LogP) is 4.46. The van der Waals surface area contributed by atoms with Crippen molar-refractivity contribution in [2.75, 3.05) is 0 Å². The summed E-state index contributed by atoms with van der Waals surface area (Å²) < 4.78 is 40.5. The molecule has 0 aliphatic heterocycles. The summed E-state index contributed by atoms with van der Waals surface area (Å²) in [5, 5.41) is 0.0925. The Morgan fingerprint density at radius 1 is 1.00 bits per heavy atom. The van der Waals surface area contributed by atoms with Gasteiger partial charge < -0.3 is 0 Å². The van der Waals surface area contributed by atoms with Crippen LogP contribution < -0.4 is 0 Å². The van der Waals surface area contributed by atoms with E-state index in [9.17, 15) is 13.2 Å². The van der Waals surface area contributed by atoms with Gasteiger partial charge in [-0.05, 0) is 6.07 Å². The van der Waals surface area contributed by atoms with Crippen molar-refractivity contribution >= 4 is 33.4 Å². The van der Waals surface area contributed by atoms with Gasteiger partial charge in [-0.1, -0.05) is 29.8 Å². The summed E-state index contributed by atoms with van der Waals surface area (Å²) in [4.78, 5) is 3.97. The fraction of sp³-hybridized carbons (Fsp3) is 0. The second kappa shape index (κ2) is 3.85. The molecule has 18 heavy (non-hydrogen) atoms. The number of hydrogen-bond donors (Lipinski definition) is 0. The summed E-state index contributed by atoms with van der Waals surface area (Å²) in [5.74, 6) is -3.40. The molecule has 3 rings (SSSR count). The molecule has 90 valence electrons. The molecule has 0 aliphatic rings. The molecule has 0 unspecified atom stereocenters. The van der Waals surface area contributed by atoms with Crippen LogP contribution >= 0.6 is 11.6 Å². The first-order valence-electron chi connectivity index (χ1n) is 5.11. The van der Waals surface area contributed by atoms with Gasteiger partial charge in [0.15, 0.2) is 17.5 Å². The lowest BCUT2D eigenvalue weighted by Crippen LogP contribution is -1.95. The van der Waals surface area contributed by atoms with E-state index in [4.69, 9.17) is 11.6 Å². The summed E-state index contributed by atoms with van der Waals surface area (Å²) in [5.41, 5.74) is 0.164. The van der Waals surface area contributed by atoms with Crippen molar-refractivity contribution in [3.63, 3.8) is 0 Å². The highest BCUT2D eigenvalue weighted by atomic mass is 35.5. The molecule has 3 aromatic rings. The minimum atomic E-state index is -1.28. The number of fused-ring (bicyclic) bond motifs is 2. The third-order valence-electron chi connectivity index (χ3n) is 2.74. The minimum Gasteiger partial charge on any atom is -0.244 e. The molecular formula is C13H5ClF3N. The molecule has 0 amide bonds. The Balaban J connectivity index is 2.64. The third kappa shape index (κ3) is 1.46. The third-order valence-corrected chi connectivity index (χ3v) is 3.13. The molecule has 0 saturated heterocycles. The zero-order chi connectivity index (χ0) is 12.9. The van der Waals surface area contributed by atoms with Crippen LogP contribution in [-0.4, -0.2) is 4.98 Å². The molecule has 0 atom stereocenters. The Morgan fingerprint density at radius 3 is 2.50 bits per heavy atom. The molecule has 0 aliphatic carbocycles. The first-order valence-corrected chi connectivity index (χ1v) is 5.49. The summed E-state index contributed by atoms with van der Waals surface area (Å²) in [6.45, 7) is 0. The van der Waals surface area contributed by atoms with E-state index in [1.807, 2.05) is 0 Å². The zero-order valence-electron chi connectivity index (χ0n) is 8.85. The molecule has 1 aromatic heterocycles. The van der Waals surface area contributed by atoms with E-state index >= 15 is 0 Å². The van der Waals surface area contributed by atoms with Gasteiger partial charge in [0.25, 0.3) is 0 Å². The number of rotatable bonds is 0. The number of pyridine rings is 1. The number of nitrogens with zero attached hydrogens (tertiary/aromatic N) is 1. The lowest BCUT2D eigenvalue weighted by molar-refractivity contribution is 0.505. The monoisotopic (exact) mass is 267 g/mol. The van der Waals surface area contributed by atoms with Crippen molar-refractivity contribution < 1.29 is 13.2 Å².